The van der Waals surface area contributed by atoms with Crippen LogP contribution in [0.25, 0.3) is 0 Å². The quantitative estimate of drug-likeness (QED) is 0.499. The zero-order valence-electron chi connectivity index (χ0n) is 6.45. The number of rotatable bonds is 0. The van der Waals surface area contributed by atoms with Crippen molar-refractivity contribution < 1.29 is 9.84 Å². The van der Waals surface area contributed by atoms with Crippen LogP contribution in [-0.4, -0.2) is 29.5 Å². The molecule has 1 fully saturated rings. The molecule has 10 heavy (non-hydrogen) atoms. The average Bonchev–Trinajstić information content (AvgIpc) is 1.82. The molecule has 0 aromatic heterocycles. The minimum atomic E-state index is -0.490. The molecule has 3 N–H and O–H groups in total. The van der Waals surface area contributed by atoms with Crippen molar-refractivity contribution >= 4 is 0 Å². The summed E-state index contributed by atoms with van der Waals surface area (Å²) in [5.41, 5.74) is 5.63. The smallest absolute Gasteiger partial charge is 0.0950 e. The van der Waals surface area contributed by atoms with Crippen molar-refractivity contribution in [1.82, 2.24) is 0 Å². The second-order valence-corrected chi connectivity index (χ2v) is 3.04. The zero-order valence-corrected chi connectivity index (χ0v) is 6.45. The number of aliphatic hydroxyl groups excluding tert-OH is 1. The Morgan fingerprint density at radius 3 is 2.60 bits per heavy atom. The van der Waals surface area contributed by atoms with Crippen molar-refractivity contribution in [2.45, 2.75) is 44.6 Å². The maximum Gasteiger partial charge on any atom is 0.0950 e. The monoisotopic (exact) mass is 145 g/mol. The molecule has 0 aromatic carbocycles. The Kier molecular flexibility index (Phi) is 2.28. The minimum Gasteiger partial charge on any atom is -0.389 e. The molecule has 0 amide bonds. The summed E-state index contributed by atoms with van der Waals surface area (Å²) in [6.07, 6.45) is 0.342. The normalized spacial score (nSPS) is 49.2. The van der Waals surface area contributed by atoms with Gasteiger partial charge >= 0.3 is 0 Å². The van der Waals surface area contributed by atoms with Gasteiger partial charge < -0.3 is 15.6 Å². The molecular weight excluding hydrogens is 130 g/mol. The van der Waals surface area contributed by atoms with Crippen LogP contribution in [0.2, 0.25) is 0 Å². The number of aliphatic hydroxyl groups is 1. The summed E-state index contributed by atoms with van der Waals surface area (Å²) in [7, 11) is 0. The second-order valence-electron chi connectivity index (χ2n) is 3.04. The third-order valence-corrected chi connectivity index (χ3v) is 1.97. The van der Waals surface area contributed by atoms with E-state index in [4.69, 9.17) is 10.5 Å². The van der Waals surface area contributed by atoms with Gasteiger partial charge in [-0.2, -0.15) is 0 Å². The third-order valence-electron chi connectivity index (χ3n) is 1.97. The van der Waals surface area contributed by atoms with Gasteiger partial charge in [0.15, 0.2) is 0 Å². The van der Waals surface area contributed by atoms with Crippen LogP contribution in [0, 0.1) is 0 Å². The van der Waals surface area contributed by atoms with Gasteiger partial charge in [0.1, 0.15) is 0 Å². The summed E-state index contributed by atoms with van der Waals surface area (Å²) in [6.45, 7) is 3.82. The van der Waals surface area contributed by atoms with Crippen molar-refractivity contribution in [3.63, 3.8) is 0 Å². The van der Waals surface area contributed by atoms with Gasteiger partial charge in [-0.25, -0.2) is 0 Å². The van der Waals surface area contributed by atoms with Crippen molar-refractivity contribution in [2.75, 3.05) is 0 Å². The van der Waals surface area contributed by atoms with E-state index in [1.54, 1.807) is 0 Å². The van der Waals surface area contributed by atoms with Gasteiger partial charge in [-0.15, -0.1) is 0 Å². The van der Waals surface area contributed by atoms with Gasteiger partial charge in [0, 0.05) is 6.04 Å². The number of nitrogens with two attached hydrogens (primary N) is 1. The van der Waals surface area contributed by atoms with E-state index >= 15 is 0 Å². The lowest BCUT2D eigenvalue weighted by Crippen LogP contribution is -2.50. The predicted molar refractivity (Wildman–Crippen MR) is 38.6 cm³/mol. The highest BCUT2D eigenvalue weighted by atomic mass is 16.5. The molecule has 60 valence electrons. The highest BCUT2D eigenvalue weighted by Crippen LogP contribution is 2.17. The van der Waals surface area contributed by atoms with E-state index in [0.717, 1.165) is 6.42 Å². The Morgan fingerprint density at radius 2 is 2.10 bits per heavy atom. The molecule has 0 aliphatic carbocycles. The molecule has 0 saturated carbocycles. The fourth-order valence-electron chi connectivity index (χ4n) is 1.37. The number of hydrogen-bond acceptors (Lipinski definition) is 3. The Bertz CT molecular complexity index is 106. The van der Waals surface area contributed by atoms with E-state index in [1.807, 2.05) is 13.8 Å². The van der Waals surface area contributed by atoms with E-state index in [1.165, 1.54) is 0 Å². The number of hydrogen-bond donors (Lipinski definition) is 2. The Morgan fingerprint density at radius 1 is 1.50 bits per heavy atom. The van der Waals surface area contributed by atoms with Gasteiger partial charge in [0.05, 0.1) is 18.3 Å². The molecule has 3 heteroatoms. The molecule has 0 spiro atoms. The van der Waals surface area contributed by atoms with Crippen molar-refractivity contribution in [3.05, 3.63) is 0 Å². The van der Waals surface area contributed by atoms with Gasteiger partial charge in [0.2, 0.25) is 0 Å². The predicted octanol–water partition coefficient (Wildman–Crippen LogP) is -0.128. The third kappa shape index (κ3) is 1.48. The molecule has 4 atom stereocenters. The van der Waals surface area contributed by atoms with E-state index in [0.29, 0.717) is 0 Å². The summed E-state index contributed by atoms with van der Waals surface area (Å²) in [5.74, 6) is 0. The van der Waals surface area contributed by atoms with Crippen LogP contribution in [0.1, 0.15) is 20.3 Å². The second kappa shape index (κ2) is 2.86. The summed E-state index contributed by atoms with van der Waals surface area (Å²) >= 11 is 0. The zero-order chi connectivity index (χ0) is 7.72. The molecule has 2 unspecified atom stereocenters. The molecular formula is C7H15NO2. The first-order chi connectivity index (χ1) is 4.61. The fourth-order valence-corrected chi connectivity index (χ4v) is 1.37. The molecule has 3 nitrogen and oxygen atoms in total. The van der Waals surface area contributed by atoms with Crippen LogP contribution >= 0.6 is 0 Å². The lowest BCUT2D eigenvalue weighted by Gasteiger charge is -2.34. The molecule has 0 aromatic rings. The van der Waals surface area contributed by atoms with Gasteiger partial charge in [0.25, 0.3) is 0 Å². The van der Waals surface area contributed by atoms with Crippen molar-refractivity contribution in [3.8, 4) is 0 Å². The topological polar surface area (TPSA) is 55.5 Å². The van der Waals surface area contributed by atoms with Gasteiger partial charge in [-0.1, -0.05) is 0 Å². The van der Waals surface area contributed by atoms with Crippen LogP contribution in [0.15, 0.2) is 0 Å². The largest absolute Gasteiger partial charge is 0.389 e. The SMILES string of the molecule is CC1O[C@H](C)CC(N)[C@H]1O. The molecule has 0 bridgehead atoms. The molecule has 1 rings (SSSR count). The average molecular weight is 145 g/mol. The minimum absolute atomic E-state index is 0.112. The summed E-state index contributed by atoms with van der Waals surface area (Å²) in [5, 5.41) is 9.31. The molecule has 1 heterocycles. The molecule has 1 aliphatic heterocycles. The standard InChI is InChI=1S/C7H15NO2/c1-4-3-6(8)7(9)5(2)10-4/h4-7,9H,3,8H2,1-2H3/t4-,5?,6?,7+/m1/s1. The maximum atomic E-state index is 9.31. The Labute approximate surface area is 61.2 Å². The number of ether oxygens (including phenoxy) is 1. The summed E-state index contributed by atoms with van der Waals surface area (Å²) < 4.78 is 5.34. The van der Waals surface area contributed by atoms with Crippen LogP contribution in [0.4, 0.5) is 0 Å². The van der Waals surface area contributed by atoms with E-state index in [2.05, 4.69) is 0 Å². The fraction of sp³-hybridized carbons (Fsp3) is 1.00. The first-order valence-corrected chi connectivity index (χ1v) is 3.70. The molecule has 1 aliphatic rings. The first-order valence-electron chi connectivity index (χ1n) is 3.70. The summed E-state index contributed by atoms with van der Waals surface area (Å²) in [6, 6.07) is -0.112. The van der Waals surface area contributed by atoms with Crippen molar-refractivity contribution in [2.24, 2.45) is 5.73 Å². The van der Waals surface area contributed by atoms with Crippen LogP contribution in [-0.2, 0) is 4.74 Å². The highest BCUT2D eigenvalue weighted by molar-refractivity contribution is 4.84. The van der Waals surface area contributed by atoms with Crippen LogP contribution < -0.4 is 5.73 Å². The lowest BCUT2D eigenvalue weighted by atomic mass is 9.98. The Hall–Kier alpha value is -0.120. The molecule has 0 radical (unpaired) electrons. The van der Waals surface area contributed by atoms with Crippen LogP contribution in [0.3, 0.4) is 0 Å². The van der Waals surface area contributed by atoms with Gasteiger partial charge in [-0.05, 0) is 20.3 Å². The van der Waals surface area contributed by atoms with E-state index < -0.39 is 6.10 Å². The molecule has 1 saturated heterocycles. The lowest BCUT2D eigenvalue weighted by molar-refractivity contribution is -0.110. The van der Waals surface area contributed by atoms with Crippen molar-refractivity contribution in [1.29, 1.82) is 0 Å². The van der Waals surface area contributed by atoms with Gasteiger partial charge in [-0.3, -0.25) is 0 Å². The maximum absolute atomic E-state index is 9.31. The summed E-state index contributed by atoms with van der Waals surface area (Å²) in [4.78, 5) is 0. The Balaban J connectivity index is 2.49. The van der Waals surface area contributed by atoms with E-state index in [9.17, 15) is 5.11 Å². The van der Waals surface area contributed by atoms with Crippen LogP contribution in [0.5, 0.6) is 0 Å². The van der Waals surface area contributed by atoms with E-state index in [-0.39, 0.29) is 18.2 Å². The highest BCUT2D eigenvalue weighted by Gasteiger charge is 2.30. The first kappa shape index (κ1) is 7.98.